The van der Waals surface area contributed by atoms with E-state index in [4.69, 9.17) is 10.5 Å². The highest BCUT2D eigenvalue weighted by Crippen LogP contribution is 2.16. The van der Waals surface area contributed by atoms with Gasteiger partial charge in [0.2, 0.25) is 5.91 Å². The minimum Gasteiger partial charge on any atom is -0.497 e. The van der Waals surface area contributed by atoms with E-state index in [1.165, 1.54) is 0 Å². The molecule has 1 amide bonds. The van der Waals surface area contributed by atoms with Crippen molar-refractivity contribution in [2.75, 3.05) is 31.2 Å². The molecule has 0 heterocycles. The molecule has 0 saturated heterocycles. The number of nitrogens with zero attached hydrogens (tertiary/aromatic N) is 1. The molecule has 0 aliphatic rings. The van der Waals surface area contributed by atoms with Gasteiger partial charge in [0.1, 0.15) is 5.75 Å². The molecule has 0 aliphatic carbocycles. The molecule has 3 N–H and O–H groups in total. The van der Waals surface area contributed by atoms with E-state index >= 15 is 0 Å². The zero-order chi connectivity index (χ0) is 16.7. The summed E-state index contributed by atoms with van der Waals surface area (Å²) in [5.74, 6) is 0.666. The molecular formula is C18H24ClN3O2. The van der Waals surface area contributed by atoms with Gasteiger partial charge in [-0.2, -0.15) is 0 Å². The third kappa shape index (κ3) is 6.10. The second kappa shape index (κ2) is 9.80. The number of rotatable bonds is 7. The molecule has 0 aliphatic heterocycles. The van der Waals surface area contributed by atoms with Gasteiger partial charge in [0.15, 0.2) is 0 Å². The van der Waals surface area contributed by atoms with Gasteiger partial charge in [-0.1, -0.05) is 25.1 Å². The van der Waals surface area contributed by atoms with E-state index in [0.29, 0.717) is 13.1 Å². The Morgan fingerprint density at radius 2 is 1.96 bits per heavy atom. The molecule has 0 aromatic heterocycles. The first-order valence-corrected chi connectivity index (χ1v) is 7.61. The van der Waals surface area contributed by atoms with Gasteiger partial charge >= 0.3 is 0 Å². The van der Waals surface area contributed by atoms with E-state index in [-0.39, 0.29) is 18.3 Å². The number of benzene rings is 2. The number of hydrogen-bond donors (Lipinski definition) is 2. The maximum absolute atomic E-state index is 12.2. The zero-order valence-electron chi connectivity index (χ0n) is 14.0. The minimum atomic E-state index is -0.0518. The molecule has 2 aromatic rings. The fourth-order valence-electron chi connectivity index (χ4n) is 2.33. The second-order valence-corrected chi connectivity index (χ2v) is 5.33. The fourth-order valence-corrected chi connectivity index (χ4v) is 2.33. The summed E-state index contributed by atoms with van der Waals surface area (Å²) < 4.78 is 5.16. The van der Waals surface area contributed by atoms with Crippen LogP contribution in [0.3, 0.4) is 0 Å². The highest BCUT2D eigenvalue weighted by Gasteiger charge is 2.10. The van der Waals surface area contributed by atoms with Gasteiger partial charge in [0.25, 0.3) is 0 Å². The van der Waals surface area contributed by atoms with Gasteiger partial charge in [-0.15, -0.1) is 12.4 Å². The van der Waals surface area contributed by atoms with Crippen LogP contribution in [0.5, 0.6) is 5.75 Å². The number of nitrogen functional groups attached to an aromatic ring is 1. The number of hydrogen-bond acceptors (Lipinski definition) is 4. The number of nitrogens with one attached hydrogen (secondary N) is 1. The normalized spacial score (nSPS) is 10.1. The Kier molecular flexibility index (Phi) is 8.09. The SMILES string of the molecule is CCN(CC(=O)Nc1cccc(OC)c1)Cc1cccc(N)c1.Cl. The van der Waals surface area contributed by atoms with Crippen LogP contribution in [0, 0.1) is 0 Å². The molecule has 6 heteroatoms. The molecule has 0 radical (unpaired) electrons. The number of anilines is 2. The Balaban J connectivity index is 0.00000288. The van der Waals surface area contributed by atoms with Crippen LogP contribution in [0.4, 0.5) is 11.4 Å². The standard InChI is InChI=1S/C18H23N3O2.ClH/c1-3-21(12-14-6-4-7-15(19)10-14)13-18(22)20-16-8-5-9-17(11-16)23-2;/h4-11H,3,12-13,19H2,1-2H3,(H,20,22);1H. The topological polar surface area (TPSA) is 67.6 Å². The first-order valence-electron chi connectivity index (χ1n) is 7.61. The maximum Gasteiger partial charge on any atom is 0.238 e. The van der Waals surface area contributed by atoms with Crippen LogP contribution in [0.15, 0.2) is 48.5 Å². The van der Waals surface area contributed by atoms with Gasteiger partial charge in [0.05, 0.1) is 13.7 Å². The lowest BCUT2D eigenvalue weighted by Gasteiger charge is -2.20. The molecule has 5 nitrogen and oxygen atoms in total. The van der Waals surface area contributed by atoms with Gasteiger partial charge < -0.3 is 15.8 Å². The largest absolute Gasteiger partial charge is 0.497 e. The monoisotopic (exact) mass is 349 g/mol. The number of nitrogens with two attached hydrogens (primary N) is 1. The summed E-state index contributed by atoms with van der Waals surface area (Å²) >= 11 is 0. The molecule has 0 fully saturated rings. The van der Waals surface area contributed by atoms with Crippen LogP contribution in [0.1, 0.15) is 12.5 Å². The van der Waals surface area contributed by atoms with E-state index in [0.717, 1.165) is 29.2 Å². The molecule has 130 valence electrons. The predicted octanol–water partition coefficient (Wildman–Crippen LogP) is 3.16. The molecule has 0 unspecified atom stereocenters. The molecule has 0 atom stereocenters. The van der Waals surface area contributed by atoms with Crippen molar-refractivity contribution in [3.05, 3.63) is 54.1 Å². The van der Waals surface area contributed by atoms with Crippen LogP contribution in [-0.4, -0.2) is 31.0 Å². The number of halogens is 1. The number of ether oxygens (including phenoxy) is 1. The van der Waals surface area contributed by atoms with Crippen LogP contribution in [0.25, 0.3) is 0 Å². The fraction of sp³-hybridized carbons (Fsp3) is 0.278. The molecule has 2 aromatic carbocycles. The van der Waals surface area contributed by atoms with Crippen molar-refractivity contribution in [2.24, 2.45) is 0 Å². The van der Waals surface area contributed by atoms with Gasteiger partial charge in [-0.25, -0.2) is 0 Å². The average molecular weight is 350 g/mol. The zero-order valence-corrected chi connectivity index (χ0v) is 14.8. The average Bonchev–Trinajstić information content (AvgIpc) is 2.54. The number of methoxy groups -OCH3 is 1. The quantitative estimate of drug-likeness (QED) is 0.753. The minimum absolute atomic E-state index is 0. The van der Waals surface area contributed by atoms with Crippen molar-refractivity contribution >= 4 is 29.7 Å². The van der Waals surface area contributed by atoms with E-state index < -0.39 is 0 Å². The van der Waals surface area contributed by atoms with Crippen LogP contribution in [-0.2, 0) is 11.3 Å². The summed E-state index contributed by atoms with van der Waals surface area (Å²) in [5, 5.41) is 2.89. The van der Waals surface area contributed by atoms with Crippen molar-refractivity contribution in [1.82, 2.24) is 4.90 Å². The van der Waals surface area contributed by atoms with Crippen molar-refractivity contribution in [1.29, 1.82) is 0 Å². The lowest BCUT2D eigenvalue weighted by molar-refractivity contribution is -0.117. The summed E-state index contributed by atoms with van der Waals surface area (Å²) in [7, 11) is 1.60. The molecule has 0 saturated carbocycles. The van der Waals surface area contributed by atoms with Crippen LogP contribution >= 0.6 is 12.4 Å². The highest BCUT2D eigenvalue weighted by atomic mass is 35.5. The first-order chi connectivity index (χ1) is 11.1. The number of amides is 1. The summed E-state index contributed by atoms with van der Waals surface area (Å²) in [6.45, 7) is 3.82. The Morgan fingerprint density at radius 1 is 1.21 bits per heavy atom. The lowest BCUT2D eigenvalue weighted by atomic mass is 10.2. The third-order valence-electron chi connectivity index (χ3n) is 3.53. The highest BCUT2D eigenvalue weighted by molar-refractivity contribution is 5.92. The number of likely N-dealkylation sites (N-methyl/N-ethyl adjacent to an activating group) is 1. The van der Waals surface area contributed by atoms with E-state index in [9.17, 15) is 4.79 Å². The van der Waals surface area contributed by atoms with Crippen molar-refractivity contribution in [3.8, 4) is 5.75 Å². The van der Waals surface area contributed by atoms with E-state index in [2.05, 4.69) is 10.2 Å². The molecule has 0 bridgehead atoms. The van der Waals surface area contributed by atoms with Gasteiger partial charge in [-0.05, 0) is 36.4 Å². The summed E-state index contributed by atoms with van der Waals surface area (Å²) in [6.07, 6.45) is 0. The Morgan fingerprint density at radius 3 is 2.62 bits per heavy atom. The first kappa shape index (κ1) is 19.8. The predicted molar refractivity (Wildman–Crippen MR) is 101 cm³/mol. The second-order valence-electron chi connectivity index (χ2n) is 5.33. The van der Waals surface area contributed by atoms with Gasteiger partial charge in [0, 0.05) is 24.0 Å². The smallest absolute Gasteiger partial charge is 0.238 e. The van der Waals surface area contributed by atoms with Gasteiger partial charge in [-0.3, -0.25) is 9.69 Å². The van der Waals surface area contributed by atoms with Crippen molar-refractivity contribution < 1.29 is 9.53 Å². The van der Waals surface area contributed by atoms with Crippen LogP contribution in [0.2, 0.25) is 0 Å². The van der Waals surface area contributed by atoms with E-state index in [1.54, 1.807) is 13.2 Å². The maximum atomic E-state index is 12.2. The Hall–Kier alpha value is -2.24. The molecule has 0 spiro atoms. The summed E-state index contributed by atoms with van der Waals surface area (Å²) in [5.41, 5.74) is 8.36. The summed E-state index contributed by atoms with van der Waals surface area (Å²) in [6, 6.07) is 15.1. The molecule has 2 rings (SSSR count). The van der Waals surface area contributed by atoms with Crippen LogP contribution < -0.4 is 15.8 Å². The van der Waals surface area contributed by atoms with E-state index in [1.807, 2.05) is 49.4 Å². The molecular weight excluding hydrogens is 326 g/mol. The Bertz CT molecular complexity index is 664. The Labute approximate surface area is 149 Å². The summed E-state index contributed by atoms with van der Waals surface area (Å²) in [4.78, 5) is 14.3. The number of carbonyl (C=O) groups is 1. The number of carbonyl (C=O) groups excluding carboxylic acids is 1. The van der Waals surface area contributed by atoms with Crippen molar-refractivity contribution in [3.63, 3.8) is 0 Å². The lowest BCUT2D eigenvalue weighted by Crippen LogP contribution is -2.32. The third-order valence-corrected chi connectivity index (χ3v) is 3.53. The van der Waals surface area contributed by atoms with Crippen molar-refractivity contribution in [2.45, 2.75) is 13.5 Å². The molecule has 24 heavy (non-hydrogen) atoms.